The van der Waals surface area contributed by atoms with Crippen LogP contribution in [-0.2, 0) is 6.42 Å². The number of nitrogens with two attached hydrogens (primary N) is 1. The highest BCUT2D eigenvalue weighted by Gasteiger charge is 2.19. The SMILES string of the molecule is CC(C)CCc1nc(C(N)CN2CCCCC2)no1. The van der Waals surface area contributed by atoms with E-state index in [0.717, 1.165) is 38.4 Å². The van der Waals surface area contributed by atoms with Gasteiger partial charge in [-0.15, -0.1) is 0 Å². The molecule has 0 amide bonds. The van der Waals surface area contributed by atoms with Crippen molar-refractivity contribution in [2.24, 2.45) is 11.7 Å². The molecule has 1 aliphatic rings. The van der Waals surface area contributed by atoms with Crippen molar-refractivity contribution >= 4 is 0 Å². The molecule has 5 nitrogen and oxygen atoms in total. The summed E-state index contributed by atoms with van der Waals surface area (Å²) in [7, 11) is 0. The minimum Gasteiger partial charge on any atom is -0.339 e. The van der Waals surface area contributed by atoms with E-state index >= 15 is 0 Å². The molecule has 0 aliphatic carbocycles. The maximum absolute atomic E-state index is 6.17. The quantitative estimate of drug-likeness (QED) is 0.854. The molecule has 1 unspecified atom stereocenters. The molecule has 1 aliphatic heterocycles. The summed E-state index contributed by atoms with van der Waals surface area (Å²) in [5.74, 6) is 2.03. The van der Waals surface area contributed by atoms with Gasteiger partial charge in [0.25, 0.3) is 0 Å². The Morgan fingerprint density at radius 3 is 2.68 bits per heavy atom. The van der Waals surface area contributed by atoms with Gasteiger partial charge in [-0.05, 0) is 38.3 Å². The van der Waals surface area contributed by atoms with Crippen LogP contribution in [-0.4, -0.2) is 34.7 Å². The van der Waals surface area contributed by atoms with Crippen LogP contribution in [0.25, 0.3) is 0 Å². The van der Waals surface area contributed by atoms with E-state index in [1.54, 1.807) is 0 Å². The molecule has 0 saturated carbocycles. The third kappa shape index (κ3) is 4.58. The van der Waals surface area contributed by atoms with E-state index in [1.807, 2.05) is 0 Å². The molecule has 2 heterocycles. The van der Waals surface area contributed by atoms with Crippen molar-refractivity contribution in [1.29, 1.82) is 0 Å². The first-order valence-corrected chi connectivity index (χ1v) is 7.45. The second kappa shape index (κ2) is 7.01. The number of aromatic nitrogens is 2. The Labute approximate surface area is 115 Å². The van der Waals surface area contributed by atoms with Crippen molar-refractivity contribution in [1.82, 2.24) is 15.0 Å². The molecule has 0 bridgehead atoms. The highest BCUT2D eigenvalue weighted by Crippen LogP contribution is 2.14. The van der Waals surface area contributed by atoms with Gasteiger partial charge in [-0.3, -0.25) is 0 Å². The van der Waals surface area contributed by atoms with E-state index in [-0.39, 0.29) is 6.04 Å². The number of hydrogen-bond acceptors (Lipinski definition) is 5. The van der Waals surface area contributed by atoms with Crippen molar-refractivity contribution in [3.05, 3.63) is 11.7 Å². The first-order chi connectivity index (χ1) is 9.15. The number of rotatable bonds is 6. The molecule has 108 valence electrons. The van der Waals surface area contributed by atoms with Gasteiger partial charge in [0, 0.05) is 13.0 Å². The molecule has 5 heteroatoms. The third-order valence-electron chi connectivity index (χ3n) is 3.65. The fourth-order valence-corrected chi connectivity index (χ4v) is 2.43. The molecule has 0 radical (unpaired) electrons. The minimum atomic E-state index is -0.130. The normalized spacial score (nSPS) is 18.9. The van der Waals surface area contributed by atoms with Crippen LogP contribution < -0.4 is 5.73 Å². The minimum absolute atomic E-state index is 0.130. The van der Waals surface area contributed by atoms with E-state index in [0.29, 0.717) is 11.7 Å². The lowest BCUT2D eigenvalue weighted by molar-refractivity contribution is 0.213. The van der Waals surface area contributed by atoms with Gasteiger partial charge < -0.3 is 15.2 Å². The molecular weight excluding hydrogens is 240 g/mol. The fraction of sp³-hybridized carbons (Fsp3) is 0.857. The highest BCUT2D eigenvalue weighted by molar-refractivity contribution is 4.94. The lowest BCUT2D eigenvalue weighted by atomic mass is 10.1. The summed E-state index contributed by atoms with van der Waals surface area (Å²) in [6.45, 7) is 7.51. The van der Waals surface area contributed by atoms with Crippen LogP contribution in [0.15, 0.2) is 4.52 Å². The lowest BCUT2D eigenvalue weighted by Crippen LogP contribution is -2.36. The van der Waals surface area contributed by atoms with Gasteiger partial charge in [-0.1, -0.05) is 25.4 Å². The smallest absolute Gasteiger partial charge is 0.226 e. The second-order valence-electron chi connectivity index (χ2n) is 5.95. The third-order valence-corrected chi connectivity index (χ3v) is 3.65. The van der Waals surface area contributed by atoms with Crippen LogP contribution in [0, 0.1) is 5.92 Å². The van der Waals surface area contributed by atoms with Gasteiger partial charge in [0.15, 0.2) is 5.82 Å². The summed E-state index contributed by atoms with van der Waals surface area (Å²) in [5.41, 5.74) is 6.17. The average molecular weight is 266 g/mol. The predicted octanol–water partition coefficient (Wildman–Crippen LogP) is 2.14. The molecule has 0 aromatic carbocycles. The van der Waals surface area contributed by atoms with Gasteiger partial charge in [-0.2, -0.15) is 4.98 Å². The van der Waals surface area contributed by atoms with Crippen molar-refractivity contribution in [3.8, 4) is 0 Å². The first kappa shape index (κ1) is 14.5. The topological polar surface area (TPSA) is 68.2 Å². The number of nitrogens with zero attached hydrogens (tertiary/aromatic N) is 3. The van der Waals surface area contributed by atoms with Gasteiger partial charge >= 0.3 is 0 Å². The zero-order valence-corrected chi connectivity index (χ0v) is 12.1. The molecule has 19 heavy (non-hydrogen) atoms. The second-order valence-corrected chi connectivity index (χ2v) is 5.95. The number of piperidine rings is 1. The van der Waals surface area contributed by atoms with Crippen molar-refractivity contribution in [2.45, 2.75) is 52.0 Å². The molecular formula is C14H26N4O. The van der Waals surface area contributed by atoms with E-state index < -0.39 is 0 Å². The molecule has 1 atom stereocenters. The van der Waals surface area contributed by atoms with E-state index in [4.69, 9.17) is 10.3 Å². The summed E-state index contributed by atoms with van der Waals surface area (Å²) in [6.07, 6.45) is 5.81. The van der Waals surface area contributed by atoms with Gasteiger partial charge in [-0.25, -0.2) is 0 Å². The summed E-state index contributed by atoms with van der Waals surface area (Å²) in [5, 5.41) is 4.02. The van der Waals surface area contributed by atoms with E-state index in [1.165, 1.54) is 19.3 Å². The van der Waals surface area contributed by atoms with Crippen molar-refractivity contribution in [3.63, 3.8) is 0 Å². The average Bonchev–Trinajstić information content (AvgIpc) is 2.86. The van der Waals surface area contributed by atoms with Gasteiger partial charge in [0.05, 0.1) is 6.04 Å². The summed E-state index contributed by atoms with van der Waals surface area (Å²) >= 11 is 0. The standard InChI is InChI=1S/C14H26N4O/c1-11(2)6-7-13-16-14(17-19-13)12(15)10-18-8-4-3-5-9-18/h11-12H,3-10,15H2,1-2H3. The maximum Gasteiger partial charge on any atom is 0.226 e. The first-order valence-electron chi connectivity index (χ1n) is 7.45. The van der Waals surface area contributed by atoms with Crippen LogP contribution in [0.5, 0.6) is 0 Å². The Balaban J connectivity index is 1.82. The molecule has 2 N–H and O–H groups in total. The molecule has 0 spiro atoms. The summed E-state index contributed by atoms with van der Waals surface area (Å²) < 4.78 is 5.27. The van der Waals surface area contributed by atoms with Crippen LogP contribution in [0.3, 0.4) is 0 Å². The Morgan fingerprint density at radius 2 is 2.00 bits per heavy atom. The van der Waals surface area contributed by atoms with Crippen LogP contribution in [0.4, 0.5) is 0 Å². The summed E-state index contributed by atoms with van der Waals surface area (Å²) in [4.78, 5) is 6.82. The molecule has 2 rings (SSSR count). The zero-order chi connectivity index (χ0) is 13.7. The highest BCUT2D eigenvalue weighted by atomic mass is 16.5. The van der Waals surface area contributed by atoms with Crippen LogP contribution in [0.2, 0.25) is 0 Å². The van der Waals surface area contributed by atoms with Gasteiger partial charge in [0.1, 0.15) is 0 Å². The van der Waals surface area contributed by atoms with E-state index in [9.17, 15) is 0 Å². The maximum atomic E-state index is 6.17. The Morgan fingerprint density at radius 1 is 1.26 bits per heavy atom. The predicted molar refractivity (Wildman–Crippen MR) is 74.7 cm³/mol. The lowest BCUT2D eigenvalue weighted by Gasteiger charge is -2.27. The molecule has 1 saturated heterocycles. The van der Waals surface area contributed by atoms with Crippen molar-refractivity contribution in [2.75, 3.05) is 19.6 Å². The monoisotopic (exact) mass is 266 g/mol. The summed E-state index contributed by atoms with van der Waals surface area (Å²) in [6, 6.07) is -0.130. The largest absolute Gasteiger partial charge is 0.339 e. The zero-order valence-electron chi connectivity index (χ0n) is 12.1. The van der Waals surface area contributed by atoms with E-state index in [2.05, 4.69) is 28.9 Å². The molecule has 1 fully saturated rings. The van der Waals surface area contributed by atoms with Crippen LogP contribution >= 0.6 is 0 Å². The fourth-order valence-electron chi connectivity index (χ4n) is 2.43. The van der Waals surface area contributed by atoms with Crippen LogP contribution in [0.1, 0.15) is 57.3 Å². The molecule has 1 aromatic rings. The Bertz CT molecular complexity index is 371. The molecule has 1 aromatic heterocycles. The Hall–Kier alpha value is -0.940. The number of likely N-dealkylation sites (tertiary alicyclic amines) is 1. The van der Waals surface area contributed by atoms with Crippen molar-refractivity contribution < 1.29 is 4.52 Å². The number of hydrogen-bond donors (Lipinski definition) is 1. The number of aryl methyl sites for hydroxylation is 1. The van der Waals surface area contributed by atoms with Gasteiger partial charge in [0.2, 0.25) is 5.89 Å². The Kier molecular flexibility index (Phi) is 5.34.